The van der Waals surface area contributed by atoms with E-state index in [1.54, 1.807) is 0 Å². The van der Waals surface area contributed by atoms with Crippen LogP contribution in [0.2, 0.25) is 0 Å². The Morgan fingerprint density at radius 3 is 2.50 bits per heavy atom. The molecule has 1 rings (SSSR count). The van der Waals surface area contributed by atoms with Crippen molar-refractivity contribution >= 4 is 12.4 Å². The second-order valence-corrected chi connectivity index (χ2v) is 2.25. The van der Waals surface area contributed by atoms with Crippen molar-refractivity contribution in [2.45, 2.75) is 6.92 Å². The highest BCUT2D eigenvalue weighted by molar-refractivity contribution is 5.85. The van der Waals surface area contributed by atoms with Crippen LogP contribution in [-0.4, -0.2) is 37.7 Å². The fourth-order valence-corrected chi connectivity index (χ4v) is 1.05. The molecule has 0 aromatic heterocycles. The van der Waals surface area contributed by atoms with Crippen molar-refractivity contribution in [1.29, 1.82) is 0 Å². The van der Waals surface area contributed by atoms with Gasteiger partial charge in [-0.05, 0) is 0 Å². The SMILES string of the molecule is CCNN1CCNCC1.Cl. The summed E-state index contributed by atoms with van der Waals surface area (Å²) in [5, 5.41) is 5.55. The predicted molar refractivity (Wildman–Crippen MR) is 45.4 cm³/mol. The van der Waals surface area contributed by atoms with Crippen molar-refractivity contribution in [1.82, 2.24) is 15.8 Å². The van der Waals surface area contributed by atoms with E-state index >= 15 is 0 Å². The van der Waals surface area contributed by atoms with E-state index in [1.807, 2.05) is 0 Å². The zero-order valence-corrected chi connectivity index (χ0v) is 7.21. The Kier molecular flexibility index (Phi) is 6.02. The van der Waals surface area contributed by atoms with Crippen LogP contribution in [0.3, 0.4) is 0 Å². The lowest BCUT2D eigenvalue weighted by atomic mass is 10.4. The van der Waals surface area contributed by atoms with Crippen molar-refractivity contribution in [3.05, 3.63) is 0 Å². The van der Waals surface area contributed by atoms with Gasteiger partial charge in [0.15, 0.2) is 0 Å². The first-order valence-electron chi connectivity index (χ1n) is 3.62. The molecule has 0 atom stereocenters. The van der Waals surface area contributed by atoms with Crippen LogP contribution in [-0.2, 0) is 0 Å². The monoisotopic (exact) mass is 165 g/mol. The summed E-state index contributed by atoms with van der Waals surface area (Å²) in [6.07, 6.45) is 0. The van der Waals surface area contributed by atoms with Crippen molar-refractivity contribution in [3.63, 3.8) is 0 Å². The highest BCUT2D eigenvalue weighted by Gasteiger charge is 2.05. The molecule has 62 valence electrons. The molecule has 1 saturated heterocycles. The fraction of sp³-hybridized carbons (Fsp3) is 1.00. The number of hydrogen-bond donors (Lipinski definition) is 2. The highest BCUT2D eigenvalue weighted by atomic mass is 35.5. The molecule has 0 unspecified atom stereocenters. The van der Waals surface area contributed by atoms with E-state index in [4.69, 9.17) is 0 Å². The van der Waals surface area contributed by atoms with Crippen molar-refractivity contribution in [2.24, 2.45) is 0 Å². The van der Waals surface area contributed by atoms with Gasteiger partial charge in [-0.25, -0.2) is 5.01 Å². The van der Waals surface area contributed by atoms with Gasteiger partial charge in [0.05, 0.1) is 0 Å². The van der Waals surface area contributed by atoms with Gasteiger partial charge in [0.25, 0.3) is 0 Å². The first-order valence-corrected chi connectivity index (χ1v) is 3.62. The van der Waals surface area contributed by atoms with Crippen molar-refractivity contribution in [2.75, 3.05) is 32.7 Å². The minimum atomic E-state index is 0. The standard InChI is InChI=1S/C6H15N3.ClH/c1-2-8-9-5-3-7-4-6-9;/h7-8H,2-6H2,1H3;1H. The Bertz CT molecular complexity index is 70.6. The van der Waals surface area contributed by atoms with Crippen LogP contribution in [0.25, 0.3) is 0 Å². The molecule has 2 N–H and O–H groups in total. The average Bonchev–Trinajstić information content (AvgIpc) is 1.91. The molecule has 1 aliphatic heterocycles. The van der Waals surface area contributed by atoms with Crippen LogP contribution in [0.1, 0.15) is 6.92 Å². The largest absolute Gasteiger partial charge is 0.314 e. The molecule has 0 radical (unpaired) electrons. The summed E-state index contributed by atoms with van der Waals surface area (Å²) < 4.78 is 0. The van der Waals surface area contributed by atoms with Gasteiger partial charge in [-0.2, -0.15) is 0 Å². The summed E-state index contributed by atoms with van der Waals surface area (Å²) in [5.74, 6) is 0. The van der Waals surface area contributed by atoms with Crippen LogP contribution in [0.4, 0.5) is 0 Å². The molecule has 10 heavy (non-hydrogen) atoms. The molecule has 1 heterocycles. The lowest BCUT2D eigenvalue weighted by Crippen LogP contribution is -2.50. The molecular weight excluding hydrogens is 150 g/mol. The number of nitrogens with zero attached hydrogens (tertiary/aromatic N) is 1. The van der Waals surface area contributed by atoms with Gasteiger partial charge < -0.3 is 5.32 Å². The molecular formula is C6H16ClN3. The zero-order valence-electron chi connectivity index (χ0n) is 6.39. The number of piperazine rings is 1. The summed E-state index contributed by atoms with van der Waals surface area (Å²) >= 11 is 0. The van der Waals surface area contributed by atoms with Crippen LogP contribution in [0, 0.1) is 0 Å². The van der Waals surface area contributed by atoms with E-state index < -0.39 is 0 Å². The summed E-state index contributed by atoms with van der Waals surface area (Å²) in [7, 11) is 0. The normalized spacial score (nSPS) is 20.1. The van der Waals surface area contributed by atoms with Gasteiger partial charge in [-0.15, -0.1) is 12.4 Å². The summed E-state index contributed by atoms with van der Waals surface area (Å²) in [4.78, 5) is 0. The Morgan fingerprint density at radius 2 is 2.00 bits per heavy atom. The van der Waals surface area contributed by atoms with Gasteiger partial charge in [-0.3, -0.25) is 5.43 Å². The van der Waals surface area contributed by atoms with E-state index in [0.717, 1.165) is 32.7 Å². The highest BCUT2D eigenvalue weighted by Crippen LogP contribution is 1.84. The smallest absolute Gasteiger partial charge is 0.0256 e. The number of halogens is 1. The van der Waals surface area contributed by atoms with Gasteiger partial charge in [0, 0.05) is 32.7 Å². The number of hydrogen-bond acceptors (Lipinski definition) is 3. The van der Waals surface area contributed by atoms with E-state index in [1.165, 1.54) is 0 Å². The zero-order chi connectivity index (χ0) is 6.53. The first-order chi connectivity index (χ1) is 4.43. The molecule has 0 bridgehead atoms. The molecule has 0 spiro atoms. The maximum absolute atomic E-state index is 3.29. The summed E-state index contributed by atoms with van der Waals surface area (Å²) in [6, 6.07) is 0. The van der Waals surface area contributed by atoms with E-state index in [-0.39, 0.29) is 12.4 Å². The van der Waals surface area contributed by atoms with Gasteiger partial charge >= 0.3 is 0 Å². The Hall–Kier alpha value is 0.170. The minimum Gasteiger partial charge on any atom is -0.314 e. The van der Waals surface area contributed by atoms with Gasteiger partial charge in [0.2, 0.25) is 0 Å². The van der Waals surface area contributed by atoms with Gasteiger partial charge in [0.1, 0.15) is 0 Å². The molecule has 0 aromatic rings. The average molecular weight is 166 g/mol. The van der Waals surface area contributed by atoms with Gasteiger partial charge in [-0.1, -0.05) is 6.92 Å². The maximum atomic E-state index is 3.29. The van der Waals surface area contributed by atoms with E-state index in [9.17, 15) is 0 Å². The Labute approximate surface area is 68.5 Å². The van der Waals surface area contributed by atoms with E-state index in [0.29, 0.717) is 0 Å². The lowest BCUT2D eigenvalue weighted by Gasteiger charge is -2.26. The third kappa shape index (κ3) is 3.37. The van der Waals surface area contributed by atoms with Crippen molar-refractivity contribution in [3.8, 4) is 0 Å². The first kappa shape index (κ1) is 10.2. The molecule has 0 saturated carbocycles. The molecule has 0 aromatic carbocycles. The quantitative estimate of drug-likeness (QED) is 0.596. The number of rotatable bonds is 2. The Balaban J connectivity index is 0.000000810. The molecule has 1 aliphatic rings. The molecule has 0 aliphatic carbocycles. The minimum absolute atomic E-state index is 0. The van der Waals surface area contributed by atoms with E-state index in [2.05, 4.69) is 22.7 Å². The Morgan fingerprint density at radius 1 is 1.40 bits per heavy atom. The lowest BCUT2D eigenvalue weighted by molar-refractivity contribution is 0.169. The second kappa shape index (κ2) is 5.92. The number of nitrogens with one attached hydrogen (secondary N) is 2. The topological polar surface area (TPSA) is 27.3 Å². The summed E-state index contributed by atoms with van der Waals surface area (Å²) in [5.41, 5.74) is 3.28. The van der Waals surface area contributed by atoms with Crippen LogP contribution < -0.4 is 10.7 Å². The molecule has 1 fully saturated rings. The van der Waals surface area contributed by atoms with Crippen LogP contribution in [0.15, 0.2) is 0 Å². The molecule has 4 heteroatoms. The number of hydrazine groups is 1. The van der Waals surface area contributed by atoms with Crippen LogP contribution >= 0.6 is 12.4 Å². The fourth-order valence-electron chi connectivity index (χ4n) is 1.05. The molecule has 3 nitrogen and oxygen atoms in total. The second-order valence-electron chi connectivity index (χ2n) is 2.25. The van der Waals surface area contributed by atoms with Crippen molar-refractivity contribution < 1.29 is 0 Å². The third-order valence-corrected chi connectivity index (χ3v) is 1.50. The third-order valence-electron chi connectivity index (χ3n) is 1.50. The predicted octanol–water partition coefficient (Wildman–Crippen LogP) is -0.162. The maximum Gasteiger partial charge on any atom is 0.0256 e. The van der Waals surface area contributed by atoms with Crippen LogP contribution in [0.5, 0.6) is 0 Å². The summed E-state index contributed by atoms with van der Waals surface area (Å²) in [6.45, 7) is 7.67. The molecule has 0 amide bonds.